The molecule has 0 amide bonds. The average molecular weight is 416 g/mol. The van der Waals surface area contributed by atoms with E-state index in [1.54, 1.807) is 6.20 Å². The van der Waals surface area contributed by atoms with Crippen LogP contribution in [0.15, 0.2) is 79.5 Å². The lowest BCUT2D eigenvalue weighted by molar-refractivity contribution is -0.984. The summed E-state index contributed by atoms with van der Waals surface area (Å²) in [7, 11) is 0. The number of fused-ring (bicyclic) bond motifs is 4. The predicted octanol–water partition coefficient (Wildman–Crippen LogP) is 4.24. The second-order valence-electron chi connectivity index (χ2n) is 9.37. The molecule has 3 aromatic rings. The summed E-state index contributed by atoms with van der Waals surface area (Å²) in [6.45, 7) is 7.00. The summed E-state index contributed by atoms with van der Waals surface area (Å²) in [5.41, 5.74) is 2.89. The number of aromatic nitrogens is 1. The maximum Gasteiger partial charge on any atom is 0.136 e. The molecule has 3 aliphatic rings. The highest BCUT2D eigenvalue weighted by Crippen LogP contribution is 2.46. The van der Waals surface area contributed by atoms with Crippen LogP contribution in [0.3, 0.4) is 0 Å². The van der Waals surface area contributed by atoms with E-state index >= 15 is 0 Å². The number of hydrogen-bond donors (Lipinski definition) is 2. The number of para-hydroxylation sites is 1. The maximum absolute atomic E-state index is 11.6. The van der Waals surface area contributed by atoms with Crippen LogP contribution in [0.2, 0.25) is 0 Å². The van der Waals surface area contributed by atoms with Crippen molar-refractivity contribution in [2.45, 2.75) is 37.6 Å². The second-order valence-corrected chi connectivity index (χ2v) is 9.37. The first-order valence-electron chi connectivity index (χ1n) is 11.3. The summed E-state index contributed by atoms with van der Waals surface area (Å²) in [5, 5.41) is 23.8. The molecule has 6 atom stereocenters. The highest BCUT2D eigenvalue weighted by atomic mass is 16.3. The van der Waals surface area contributed by atoms with Crippen LogP contribution in [0.25, 0.3) is 10.9 Å². The number of nitrogens with zero attached hydrogens (tertiary/aromatic N) is 2. The highest BCUT2D eigenvalue weighted by Gasteiger charge is 2.54. The summed E-state index contributed by atoms with van der Waals surface area (Å²) in [5.74, 6) is 1.01. The van der Waals surface area contributed by atoms with Gasteiger partial charge in [-0.3, -0.25) is 4.98 Å². The van der Waals surface area contributed by atoms with E-state index in [4.69, 9.17) is 0 Å². The minimum Gasteiger partial charge on any atom is -0.385 e. The molecule has 31 heavy (non-hydrogen) atoms. The van der Waals surface area contributed by atoms with E-state index in [2.05, 4.69) is 41.9 Å². The van der Waals surface area contributed by atoms with Crippen molar-refractivity contribution in [3.63, 3.8) is 0 Å². The zero-order valence-electron chi connectivity index (χ0n) is 17.8. The number of quaternary nitrogens is 1. The Kier molecular flexibility index (Phi) is 5.39. The first-order chi connectivity index (χ1) is 15.1. The first-order valence-corrected chi connectivity index (χ1v) is 11.3. The van der Waals surface area contributed by atoms with E-state index in [1.165, 1.54) is 5.56 Å². The number of aliphatic hydroxyl groups excluding tert-OH is 2. The van der Waals surface area contributed by atoms with Crippen LogP contribution in [0, 0.1) is 11.8 Å². The van der Waals surface area contributed by atoms with Crippen LogP contribution >= 0.6 is 0 Å². The second kappa shape index (κ2) is 8.19. The molecule has 3 fully saturated rings. The molecule has 4 heterocycles. The Balaban J connectivity index is 1.50. The predicted molar refractivity (Wildman–Crippen MR) is 123 cm³/mol. The summed E-state index contributed by atoms with van der Waals surface area (Å²) in [4.78, 5) is 4.42. The topological polar surface area (TPSA) is 53.4 Å². The molecule has 160 valence electrons. The third-order valence-corrected chi connectivity index (χ3v) is 7.74. The fraction of sp³-hybridized carbons (Fsp3) is 0.370. The minimum absolute atomic E-state index is 0.00270. The van der Waals surface area contributed by atoms with Crippen molar-refractivity contribution in [2.75, 3.05) is 13.1 Å². The molecule has 0 radical (unpaired) electrons. The van der Waals surface area contributed by atoms with Gasteiger partial charge in [0.25, 0.3) is 0 Å². The van der Waals surface area contributed by atoms with Crippen molar-refractivity contribution in [3.8, 4) is 0 Å². The molecule has 0 aliphatic carbocycles. The van der Waals surface area contributed by atoms with Gasteiger partial charge in [0.2, 0.25) is 0 Å². The van der Waals surface area contributed by atoms with Gasteiger partial charge in [-0.1, -0.05) is 54.6 Å². The molecule has 0 saturated carbocycles. The van der Waals surface area contributed by atoms with Gasteiger partial charge in [0.05, 0.1) is 18.6 Å². The number of aliphatic hydroxyl groups is 2. The third-order valence-electron chi connectivity index (χ3n) is 7.74. The Morgan fingerprint density at radius 3 is 2.65 bits per heavy atom. The van der Waals surface area contributed by atoms with Gasteiger partial charge in [-0.15, -0.1) is 6.58 Å². The van der Waals surface area contributed by atoms with Crippen LogP contribution in [-0.4, -0.2) is 44.9 Å². The van der Waals surface area contributed by atoms with Gasteiger partial charge >= 0.3 is 0 Å². The quantitative estimate of drug-likeness (QED) is 0.468. The smallest absolute Gasteiger partial charge is 0.136 e. The Hall–Kier alpha value is -2.53. The lowest BCUT2D eigenvalue weighted by Gasteiger charge is -2.58. The fourth-order valence-corrected chi connectivity index (χ4v) is 6.13. The average Bonchev–Trinajstić information content (AvgIpc) is 2.83. The summed E-state index contributed by atoms with van der Waals surface area (Å²) >= 11 is 0. The highest BCUT2D eigenvalue weighted by molar-refractivity contribution is 5.82. The number of hydrogen-bond acceptors (Lipinski definition) is 3. The molecule has 2 aromatic carbocycles. The molecular weight excluding hydrogens is 384 g/mol. The third kappa shape index (κ3) is 3.59. The van der Waals surface area contributed by atoms with Crippen LogP contribution in [0.5, 0.6) is 0 Å². The van der Waals surface area contributed by atoms with Crippen LogP contribution in [-0.2, 0) is 6.54 Å². The van der Waals surface area contributed by atoms with Gasteiger partial charge < -0.3 is 14.7 Å². The lowest BCUT2D eigenvalue weighted by Crippen LogP contribution is -2.69. The molecular formula is C27H31N2O2+. The van der Waals surface area contributed by atoms with E-state index in [1.807, 2.05) is 36.4 Å². The van der Waals surface area contributed by atoms with Crippen LogP contribution < -0.4 is 0 Å². The van der Waals surface area contributed by atoms with Crippen molar-refractivity contribution in [1.29, 1.82) is 0 Å². The van der Waals surface area contributed by atoms with E-state index in [0.717, 1.165) is 53.4 Å². The Bertz CT molecular complexity index is 1060. The van der Waals surface area contributed by atoms with Gasteiger partial charge in [-0.2, -0.15) is 0 Å². The zero-order chi connectivity index (χ0) is 21.4. The Morgan fingerprint density at radius 1 is 1.06 bits per heavy atom. The maximum atomic E-state index is 11.6. The Labute approximate surface area is 184 Å². The summed E-state index contributed by atoms with van der Waals surface area (Å²) in [6.07, 6.45) is 4.14. The normalized spacial score (nSPS) is 29.5. The first kappa shape index (κ1) is 20.4. The van der Waals surface area contributed by atoms with Gasteiger partial charge in [0.15, 0.2) is 0 Å². The molecule has 0 spiro atoms. The molecule has 3 saturated heterocycles. The number of rotatable bonds is 6. The molecule has 6 rings (SSSR count). The van der Waals surface area contributed by atoms with E-state index < -0.39 is 12.2 Å². The number of piperidine rings is 3. The zero-order valence-corrected chi connectivity index (χ0v) is 17.8. The van der Waals surface area contributed by atoms with Crippen molar-refractivity contribution in [3.05, 3.63) is 90.6 Å². The monoisotopic (exact) mass is 415 g/mol. The van der Waals surface area contributed by atoms with Gasteiger partial charge in [0.1, 0.15) is 24.8 Å². The fourth-order valence-electron chi connectivity index (χ4n) is 6.13. The summed E-state index contributed by atoms with van der Waals surface area (Å²) < 4.78 is 0.818. The molecule has 2 N–H and O–H groups in total. The van der Waals surface area contributed by atoms with Gasteiger partial charge in [-0.25, -0.2) is 0 Å². The van der Waals surface area contributed by atoms with Crippen molar-refractivity contribution < 1.29 is 14.7 Å². The van der Waals surface area contributed by atoms with E-state index in [-0.39, 0.29) is 6.04 Å². The molecule has 4 nitrogen and oxygen atoms in total. The molecule has 3 aliphatic heterocycles. The van der Waals surface area contributed by atoms with Crippen LogP contribution in [0.1, 0.15) is 30.1 Å². The van der Waals surface area contributed by atoms with Crippen molar-refractivity contribution in [2.24, 2.45) is 11.8 Å². The standard InChI is InChI=1S/C27H31N2O2/c1-2-20-18-29(17-19-8-4-3-5-9-19)15-13-21(20)16-25(29)27(31)26(30)23-12-14-28-24-11-7-6-10-22(23)24/h2-12,14,20-21,25-27,30-31H,1,13,15-18H2/q+1/t20?,21-,25+,26?,27-,29+/m0/s1. The van der Waals surface area contributed by atoms with Crippen LogP contribution in [0.4, 0.5) is 0 Å². The molecule has 4 heteroatoms. The molecule has 1 aromatic heterocycles. The van der Waals surface area contributed by atoms with E-state index in [0.29, 0.717) is 11.8 Å². The summed E-state index contributed by atoms with van der Waals surface area (Å²) in [6, 6.07) is 20.2. The van der Waals surface area contributed by atoms with Crippen molar-refractivity contribution >= 4 is 10.9 Å². The lowest BCUT2D eigenvalue weighted by atomic mass is 9.71. The molecule has 2 unspecified atom stereocenters. The number of benzene rings is 2. The minimum atomic E-state index is -0.940. The van der Waals surface area contributed by atoms with Gasteiger partial charge in [0, 0.05) is 35.9 Å². The number of pyridine rings is 1. The SMILES string of the molecule is C=CC1C[N@+]2(Cc3ccccc3)CC[C@H]1C[C@@H]2[C@H](O)C(O)c1ccnc2ccccc12. The Morgan fingerprint density at radius 2 is 1.84 bits per heavy atom. The molecule has 2 bridgehead atoms. The van der Waals surface area contributed by atoms with Crippen molar-refractivity contribution in [1.82, 2.24) is 4.98 Å². The van der Waals surface area contributed by atoms with Gasteiger partial charge in [-0.05, 0) is 23.6 Å². The van der Waals surface area contributed by atoms with E-state index in [9.17, 15) is 10.2 Å². The largest absolute Gasteiger partial charge is 0.385 e.